The lowest BCUT2D eigenvalue weighted by molar-refractivity contribution is -0.117. The number of hydrogen-bond acceptors (Lipinski definition) is 4. The first kappa shape index (κ1) is 13.1. The van der Waals surface area contributed by atoms with Gasteiger partial charge in [-0.25, -0.2) is 4.68 Å². The Balaban J connectivity index is 2.35. The predicted octanol–water partition coefficient (Wildman–Crippen LogP) is 0.495. The van der Waals surface area contributed by atoms with Crippen LogP contribution in [0.2, 0.25) is 0 Å². The summed E-state index contributed by atoms with van der Waals surface area (Å²) in [6.07, 6.45) is 1.90. The van der Waals surface area contributed by atoms with Crippen molar-refractivity contribution in [3.05, 3.63) is 11.8 Å². The molecule has 0 saturated carbocycles. The third kappa shape index (κ3) is 2.26. The minimum Gasteiger partial charge on any atom is -0.394 e. The van der Waals surface area contributed by atoms with Crippen LogP contribution in [0.15, 0.2) is 6.20 Å². The molecule has 0 radical (unpaired) electrons. The molecule has 1 atom stereocenters. The number of alkyl halides is 1. The monoisotopic (exact) mass is 312 g/mol. The van der Waals surface area contributed by atoms with Crippen molar-refractivity contribution >= 4 is 27.7 Å². The lowest BCUT2D eigenvalue weighted by Gasteiger charge is -2.18. The number of nitriles is 1. The van der Waals surface area contributed by atoms with Crippen LogP contribution >= 0.6 is 15.9 Å². The lowest BCUT2D eigenvalue weighted by atomic mass is 10.2. The van der Waals surface area contributed by atoms with Crippen molar-refractivity contribution < 1.29 is 9.90 Å². The maximum Gasteiger partial charge on any atom is 0.228 e. The number of aliphatic hydroxyl groups excluding tert-OH is 1. The van der Waals surface area contributed by atoms with Crippen LogP contribution in [0.4, 0.5) is 5.82 Å². The van der Waals surface area contributed by atoms with Crippen LogP contribution in [0.1, 0.15) is 12.0 Å². The van der Waals surface area contributed by atoms with Gasteiger partial charge in [0.2, 0.25) is 5.91 Å². The summed E-state index contributed by atoms with van der Waals surface area (Å²) in [7, 11) is 0. The number of hydrogen-bond donors (Lipinski definition) is 1. The van der Waals surface area contributed by atoms with Gasteiger partial charge in [-0.05, 0) is 5.92 Å². The van der Waals surface area contributed by atoms with Gasteiger partial charge >= 0.3 is 0 Å². The van der Waals surface area contributed by atoms with Gasteiger partial charge in [-0.15, -0.1) is 0 Å². The Bertz CT molecular complexity index is 494. The molecule has 6 nitrogen and oxygen atoms in total. The number of carbonyl (C=O) groups excluding carboxylic acids is 1. The summed E-state index contributed by atoms with van der Waals surface area (Å²) in [6.45, 7) is 0.777. The van der Waals surface area contributed by atoms with Gasteiger partial charge in [0.1, 0.15) is 11.6 Å². The molecule has 1 aliphatic rings. The van der Waals surface area contributed by atoms with Gasteiger partial charge < -0.3 is 5.11 Å². The zero-order valence-corrected chi connectivity index (χ0v) is 11.3. The second-order valence-electron chi connectivity index (χ2n) is 4.17. The summed E-state index contributed by atoms with van der Waals surface area (Å²) < 4.78 is 1.51. The summed E-state index contributed by atoms with van der Waals surface area (Å²) in [5, 5.41) is 22.8. The summed E-state index contributed by atoms with van der Waals surface area (Å²) in [5.41, 5.74) is 0.368. The number of nitrogens with zero attached hydrogens (tertiary/aromatic N) is 4. The molecule has 1 fully saturated rings. The van der Waals surface area contributed by atoms with Crippen LogP contribution in [0.5, 0.6) is 0 Å². The topological polar surface area (TPSA) is 82.2 Å². The van der Waals surface area contributed by atoms with E-state index in [2.05, 4.69) is 21.0 Å². The molecule has 0 spiro atoms. The molecule has 1 amide bonds. The van der Waals surface area contributed by atoms with E-state index in [0.29, 0.717) is 24.3 Å². The van der Waals surface area contributed by atoms with Gasteiger partial charge in [0.25, 0.3) is 0 Å². The van der Waals surface area contributed by atoms with E-state index in [9.17, 15) is 4.79 Å². The fourth-order valence-electron chi connectivity index (χ4n) is 2.09. The molecule has 1 aromatic heterocycles. The Labute approximate surface area is 113 Å². The van der Waals surface area contributed by atoms with E-state index in [1.54, 1.807) is 4.90 Å². The van der Waals surface area contributed by atoms with Crippen LogP contribution in [0.25, 0.3) is 0 Å². The highest BCUT2D eigenvalue weighted by molar-refractivity contribution is 9.09. The van der Waals surface area contributed by atoms with E-state index in [0.717, 1.165) is 5.33 Å². The molecule has 0 aromatic carbocycles. The zero-order valence-electron chi connectivity index (χ0n) is 9.71. The number of anilines is 1. The fourth-order valence-corrected chi connectivity index (χ4v) is 2.52. The highest BCUT2D eigenvalue weighted by Gasteiger charge is 2.33. The predicted molar refractivity (Wildman–Crippen MR) is 68.3 cm³/mol. The van der Waals surface area contributed by atoms with E-state index >= 15 is 0 Å². The van der Waals surface area contributed by atoms with E-state index < -0.39 is 0 Å². The minimum atomic E-state index is -0.0799. The summed E-state index contributed by atoms with van der Waals surface area (Å²) >= 11 is 3.37. The number of aromatic nitrogens is 2. The van der Waals surface area contributed by atoms with Crippen LogP contribution in [0, 0.1) is 17.2 Å². The maximum atomic E-state index is 12.0. The quantitative estimate of drug-likeness (QED) is 0.821. The van der Waals surface area contributed by atoms with Gasteiger partial charge in [-0.2, -0.15) is 10.4 Å². The zero-order chi connectivity index (χ0) is 13.1. The van der Waals surface area contributed by atoms with Gasteiger partial charge in [0, 0.05) is 18.3 Å². The Morgan fingerprint density at radius 3 is 3.00 bits per heavy atom. The third-order valence-corrected chi connectivity index (χ3v) is 3.84. The van der Waals surface area contributed by atoms with E-state index in [-0.39, 0.29) is 25.0 Å². The molecule has 0 aliphatic carbocycles. The number of aliphatic hydroxyl groups is 1. The Morgan fingerprint density at radius 2 is 2.44 bits per heavy atom. The molecule has 2 heterocycles. The molecular formula is C11H13BrN4O2. The number of amides is 1. The van der Waals surface area contributed by atoms with Gasteiger partial charge in [-0.3, -0.25) is 9.69 Å². The van der Waals surface area contributed by atoms with Crippen LogP contribution in [0.3, 0.4) is 0 Å². The van der Waals surface area contributed by atoms with Crippen molar-refractivity contribution in [1.29, 1.82) is 5.26 Å². The Morgan fingerprint density at radius 1 is 1.67 bits per heavy atom. The minimum absolute atomic E-state index is 0.00404. The first-order chi connectivity index (χ1) is 8.71. The summed E-state index contributed by atoms with van der Waals surface area (Å²) in [6, 6.07) is 2.03. The SMILES string of the molecule is N#Cc1cnn(CCO)c1N1CC(CBr)CC1=O. The number of carbonyl (C=O) groups is 1. The number of halogens is 1. The van der Waals surface area contributed by atoms with E-state index in [1.165, 1.54) is 10.9 Å². The van der Waals surface area contributed by atoms with Crippen LogP contribution < -0.4 is 4.90 Å². The molecule has 1 saturated heterocycles. The van der Waals surface area contributed by atoms with Crippen LogP contribution in [-0.4, -0.2) is 39.3 Å². The molecule has 1 aliphatic heterocycles. The van der Waals surface area contributed by atoms with Crippen molar-refractivity contribution in [1.82, 2.24) is 9.78 Å². The van der Waals surface area contributed by atoms with E-state index in [4.69, 9.17) is 10.4 Å². The standard InChI is InChI=1S/C11H13BrN4O2/c12-4-8-3-10(18)15(7-8)11-9(5-13)6-14-16(11)1-2-17/h6,8,17H,1-4,7H2. The molecule has 18 heavy (non-hydrogen) atoms. The molecule has 1 unspecified atom stereocenters. The average molecular weight is 313 g/mol. The van der Waals surface area contributed by atoms with Gasteiger partial charge in [0.15, 0.2) is 5.82 Å². The van der Waals surface area contributed by atoms with Crippen molar-refractivity contribution in [2.45, 2.75) is 13.0 Å². The maximum absolute atomic E-state index is 12.0. The third-order valence-electron chi connectivity index (χ3n) is 2.92. The second-order valence-corrected chi connectivity index (χ2v) is 4.82. The average Bonchev–Trinajstić information content (AvgIpc) is 2.92. The molecule has 1 N–H and O–H groups in total. The molecule has 1 aromatic rings. The summed E-state index contributed by atoms with van der Waals surface area (Å²) in [5.74, 6) is 0.747. The Kier molecular flexibility index (Phi) is 3.99. The molecule has 7 heteroatoms. The largest absolute Gasteiger partial charge is 0.394 e. The van der Waals surface area contributed by atoms with Gasteiger partial charge in [0.05, 0.1) is 19.3 Å². The smallest absolute Gasteiger partial charge is 0.228 e. The highest BCUT2D eigenvalue weighted by Crippen LogP contribution is 2.28. The molecule has 2 rings (SSSR count). The van der Waals surface area contributed by atoms with Crippen molar-refractivity contribution in [2.75, 3.05) is 23.4 Å². The fraction of sp³-hybridized carbons (Fsp3) is 0.545. The normalized spacial score (nSPS) is 19.3. The van der Waals surface area contributed by atoms with Crippen LogP contribution in [-0.2, 0) is 11.3 Å². The molecule has 0 bridgehead atoms. The highest BCUT2D eigenvalue weighted by atomic mass is 79.9. The first-order valence-corrected chi connectivity index (χ1v) is 6.76. The Hall–Kier alpha value is -1.39. The van der Waals surface area contributed by atoms with Crippen molar-refractivity contribution in [3.8, 4) is 6.07 Å². The summed E-state index contributed by atoms with van der Waals surface area (Å²) in [4.78, 5) is 13.5. The molecule has 96 valence electrons. The molecular weight excluding hydrogens is 300 g/mol. The first-order valence-electron chi connectivity index (χ1n) is 5.64. The van der Waals surface area contributed by atoms with E-state index in [1.807, 2.05) is 6.07 Å². The second kappa shape index (κ2) is 5.50. The van der Waals surface area contributed by atoms with Crippen molar-refractivity contribution in [2.24, 2.45) is 5.92 Å². The van der Waals surface area contributed by atoms with Gasteiger partial charge in [-0.1, -0.05) is 15.9 Å². The van der Waals surface area contributed by atoms with Crippen molar-refractivity contribution in [3.63, 3.8) is 0 Å². The lowest BCUT2D eigenvalue weighted by Crippen LogP contribution is -2.28. The number of rotatable bonds is 4.